The van der Waals surface area contributed by atoms with Gasteiger partial charge in [-0.25, -0.2) is 9.78 Å². The number of anilines is 1. The molecule has 0 radical (unpaired) electrons. The van der Waals surface area contributed by atoms with Crippen molar-refractivity contribution >= 4 is 34.2 Å². The third-order valence-corrected chi connectivity index (χ3v) is 4.10. The smallest absolute Gasteiger partial charge is 0.359 e. The molecule has 0 aliphatic heterocycles. The molecule has 0 fully saturated rings. The van der Waals surface area contributed by atoms with Crippen LogP contribution in [0.25, 0.3) is 0 Å². The van der Waals surface area contributed by atoms with E-state index in [0.717, 1.165) is 9.10 Å². The highest BCUT2D eigenvalue weighted by atomic mass is 32.2. The summed E-state index contributed by atoms with van der Waals surface area (Å²) in [4.78, 5) is 16.8. The Labute approximate surface area is 113 Å². The Hall–Kier alpha value is -1.53. The fourth-order valence-corrected chi connectivity index (χ4v) is 3.31. The van der Waals surface area contributed by atoms with Crippen LogP contribution in [0.2, 0.25) is 0 Å². The number of thiazole rings is 1. The molecule has 1 heterocycles. The van der Waals surface area contributed by atoms with Crippen LogP contribution >= 0.6 is 23.1 Å². The second-order valence-corrected chi connectivity index (χ2v) is 5.70. The predicted molar refractivity (Wildman–Crippen MR) is 73.0 cm³/mol. The normalized spacial score (nSPS) is 10.3. The molecular formula is C12H12N2O2S2. The average molecular weight is 280 g/mol. The van der Waals surface area contributed by atoms with Crippen molar-refractivity contribution in [3.63, 3.8) is 0 Å². The van der Waals surface area contributed by atoms with Gasteiger partial charge in [0, 0.05) is 4.90 Å². The zero-order chi connectivity index (χ0) is 13.0. The van der Waals surface area contributed by atoms with Gasteiger partial charge in [0.05, 0.1) is 6.61 Å². The van der Waals surface area contributed by atoms with Crippen molar-refractivity contribution in [3.8, 4) is 0 Å². The van der Waals surface area contributed by atoms with Crippen molar-refractivity contribution in [3.05, 3.63) is 36.0 Å². The van der Waals surface area contributed by atoms with Crippen LogP contribution in [0.5, 0.6) is 0 Å². The minimum Gasteiger partial charge on any atom is -0.461 e. The maximum absolute atomic E-state index is 11.7. The fraction of sp³-hybridized carbons (Fsp3) is 0.167. The molecule has 0 aliphatic carbocycles. The molecule has 6 heteroatoms. The van der Waals surface area contributed by atoms with Crippen LogP contribution in [0.4, 0.5) is 5.13 Å². The maximum Gasteiger partial charge on any atom is 0.359 e. The molecule has 94 valence electrons. The fourth-order valence-electron chi connectivity index (χ4n) is 1.32. The number of nitrogens with two attached hydrogens (primary N) is 1. The zero-order valence-corrected chi connectivity index (χ0v) is 11.4. The van der Waals surface area contributed by atoms with Gasteiger partial charge in [-0.2, -0.15) is 0 Å². The van der Waals surface area contributed by atoms with E-state index in [0.29, 0.717) is 17.4 Å². The topological polar surface area (TPSA) is 65.2 Å². The minimum atomic E-state index is -0.427. The molecule has 0 spiro atoms. The van der Waals surface area contributed by atoms with E-state index < -0.39 is 5.97 Å². The summed E-state index contributed by atoms with van der Waals surface area (Å²) in [6, 6.07) is 9.76. The Balaban J connectivity index is 2.25. The molecule has 4 nitrogen and oxygen atoms in total. The summed E-state index contributed by atoms with van der Waals surface area (Å²) in [7, 11) is 0. The highest BCUT2D eigenvalue weighted by Crippen LogP contribution is 2.36. The molecule has 2 aromatic rings. The molecule has 0 aliphatic rings. The molecule has 1 aromatic heterocycles. The zero-order valence-electron chi connectivity index (χ0n) is 9.75. The summed E-state index contributed by atoms with van der Waals surface area (Å²) in [5, 5.41) is 0.372. The molecule has 0 atom stereocenters. The third kappa shape index (κ3) is 3.02. The van der Waals surface area contributed by atoms with Gasteiger partial charge in [-0.05, 0) is 19.1 Å². The van der Waals surface area contributed by atoms with Crippen molar-refractivity contribution in [2.24, 2.45) is 0 Å². The molecule has 0 saturated carbocycles. The number of carbonyl (C=O) groups is 1. The van der Waals surface area contributed by atoms with Crippen LogP contribution in [-0.4, -0.2) is 17.6 Å². The van der Waals surface area contributed by atoms with E-state index in [1.54, 1.807) is 6.92 Å². The Bertz CT molecular complexity index is 540. The highest BCUT2D eigenvalue weighted by Gasteiger charge is 2.19. The predicted octanol–water partition coefficient (Wildman–Crippen LogP) is 3.05. The molecular weight excluding hydrogens is 268 g/mol. The summed E-state index contributed by atoms with van der Waals surface area (Å²) in [5.41, 5.74) is 5.95. The van der Waals surface area contributed by atoms with Crippen molar-refractivity contribution in [1.29, 1.82) is 0 Å². The van der Waals surface area contributed by atoms with Crippen LogP contribution in [0.1, 0.15) is 17.4 Å². The number of hydrogen-bond acceptors (Lipinski definition) is 6. The van der Waals surface area contributed by atoms with Gasteiger partial charge in [0.1, 0.15) is 4.21 Å². The molecule has 2 N–H and O–H groups in total. The largest absolute Gasteiger partial charge is 0.461 e. The van der Waals surface area contributed by atoms with Gasteiger partial charge in [-0.3, -0.25) is 0 Å². The standard InChI is InChI=1S/C12H12N2O2S2/c1-2-16-10(15)9-11(18-12(13)14-9)17-8-6-4-3-5-7-8/h3-7H,2H2,1H3,(H2,13,14). The number of benzene rings is 1. The van der Waals surface area contributed by atoms with Gasteiger partial charge in [0.2, 0.25) is 0 Å². The number of esters is 1. The van der Waals surface area contributed by atoms with Gasteiger partial charge in [0.15, 0.2) is 10.8 Å². The van der Waals surface area contributed by atoms with E-state index in [1.165, 1.54) is 23.1 Å². The monoisotopic (exact) mass is 280 g/mol. The Morgan fingerprint density at radius 3 is 2.83 bits per heavy atom. The number of nitrogens with zero attached hydrogens (tertiary/aromatic N) is 1. The Morgan fingerprint density at radius 2 is 2.17 bits per heavy atom. The van der Waals surface area contributed by atoms with E-state index in [1.807, 2.05) is 30.3 Å². The molecule has 0 bridgehead atoms. The van der Waals surface area contributed by atoms with Gasteiger partial charge in [-0.1, -0.05) is 41.3 Å². The van der Waals surface area contributed by atoms with E-state index in [2.05, 4.69) is 4.98 Å². The first-order valence-electron chi connectivity index (χ1n) is 5.37. The van der Waals surface area contributed by atoms with Crippen LogP contribution < -0.4 is 5.73 Å². The minimum absolute atomic E-state index is 0.299. The number of hydrogen-bond donors (Lipinski definition) is 1. The van der Waals surface area contributed by atoms with Gasteiger partial charge >= 0.3 is 5.97 Å². The highest BCUT2D eigenvalue weighted by molar-refractivity contribution is 8.01. The Kier molecular flexibility index (Phi) is 4.22. The number of rotatable bonds is 4. The van der Waals surface area contributed by atoms with Crippen LogP contribution in [0, 0.1) is 0 Å². The SMILES string of the molecule is CCOC(=O)c1nc(N)sc1Sc1ccccc1. The lowest BCUT2D eigenvalue weighted by molar-refractivity contribution is 0.0516. The van der Waals surface area contributed by atoms with Crippen LogP contribution in [0.3, 0.4) is 0 Å². The molecule has 1 aromatic carbocycles. The van der Waals surface area contributed by atoms with E-state index in [4.69, 9.17) is 10.5 Å². The van der Waals surface area contributed by atoms with Crippen LogP contribution in [-0.2, 0) is 4.74 Å². The number of carbonyl (C=O) groups excluding carboxylic acids is 1. The molecule has 0 unspecified atom stereocenters. The maximum atomic E-state index is 11.7. The first-order chi connectivity index (χ1) is 8.70. The molecule has 2 rings (SSSR count). The van der Waals surface area contributed by atoms with E-state index >= 15 is 0 Å². The van der Waals surface area contributed by atoms with Crippen LogP contribution in [0.15, 0.2) is 39.4 Å². The Morgan fingerprint density at radius 1 is 1.44 bits per heavy atom. The summed E-state index contributed by atoms with van der Waals surface area (Å²) < 4.78 is 5.72. The third-order valence-electron chi connectivity index (χ3n) is 2.04. The summed E-state index contributed by atoms with van der Waals surface area (Å²) in [5.74, 6) is -0.427. The van der Waals surface area contributed by atoms with Crippen molar-refractivity contribution in [1.82, 2.24) is 4.98 Å². The number of ether oxygens (including phenoxy) is 1. The summed E-state index contributed by atoms with van der Waals surface area (Å²) in [6.07, 6.45) is 0. The number of nitrogen functional groups attached to an aromatic ring is 1. The lowest BCUT2D eigenvalue weighted by Crippen LogP contribution is -2.06. The van der Waals surface area contributed by atoms with Crippen molar-refractivity contribution < 1.29 is 9.53 Å². The lowest BCUT2D eigenvalue weighted by atomic mass is 10.4. The second-order valence-electron chi connectivity index (χ2n) is 3.32. The van der Waals surface area contributed by atoms with Crippen molar-refractivity contribution in [2.45, 2.75) is 16.0 Å². The molecule has 18 heavy (non-hydrogen) atoms. The van der Waals surface area contributed by atoms with E-state index in [-0.39, 0.29) is 0 Å². The van der Waals surface area contributed by atoms with Gasteiger partial charge in [-0.15, -0.1) is 0 Å². The lowest BCUT2D eigenvalue weighted by Gasteiger charge is -2.01. The van der Waals surface area contributed by atoms with Gasteiger partial charge in [0.25, 0.3) is 0 Å². The quantitative estimate of drug-likeness (QED) is 0.872. The summed E-state index contributed by atoms with van der Waals surface area (Å²) in [6.45, 7) is 2.09. The van der Waals surface area contributed by atoms with Crippen molar-refractivity contribution in [2.75, 3.05) is 12.3 Å². The first-order valence-corrected chi connectivity index (χ1v) is 7.00. The van der Waals surface area contributed by atoms with Gasteiger partial charge < -0.3 is 10.5 Å². The molecule has 0 amide bonds. The first kappa shape index (κ1) is 12.9. The summed E-state index contributed by atoms with van der Waals surface area (Å²) >= 11 is 2.76. The average Bonchev–Trinajstić information content (AvgIpc) is 2.72. The number of aromatic nitrogens is 1. The second kappa shape index (κ2) is 5.88. The molecule has 0 saturated heterocycles. The van der Waals surface area contributed by atoms with E-state index in [9.17, 15) is 4.79 Å².